The van der Waals surface area contributed by atoms with Crippen molar-refractivity contribution in [2.75, 3.05) is 5.75 Å². The minimum absolute atomic E-state index is 0.185. The molecule has 0 aromatic carbocycles. The van der Waals surface area contributed by atoms with Crippen LogP contribution >= 0.6 is 21.6 Å². The zero-order chi connectivity index (χ0) is 15.1. The summed E-state index contributed by atoms with van der Waals surface area (Å²) in [5, 5.41) is 0. The molecule has 1 heterocycles. The Kier molecular flexibility index (Phi) is 4.75. The maximum Gasteiger partial charge on any atom is 0.415 e. The second kappa shape index (κ2) is 5.22. The molecule has 0 aromatic heterocycles. The average Bonchev–Trinajstić information content (AvgIpc) is 2.11. The van der Waals surface area contributed by atoms with Gasteiger partial charge in [-0.1, -0.05) is 21.6 Å². The van der Waals surface area contributed by atoms with E-state index in [0.717, 1.165) is 0 Å². The van der Waals surface area contributed by atoms with Gasteiger partial charge in [-0.2, -0.15) is 26.3 Å². The molecule has 1 aliphatic heterocycles. The van der Waals surface area contributed by atoms with Crippen LogP contribution in [0, 0.1) is 0 Å². The Morgan fingerprint density at radius 2 is 1.47 bits per heavy atom. The van der Waals surface area contributed by atoms with Crippen LogP contribution in [0.5, 0.6) is 0 Å². The van der Waals surface area contributed by atoms with Gasteiger partial charge in [0, 0.05) is 5.75 Å². The molecule has 1 aliphatic rings. The van der Waals surface area contributed by atoms with E-state index in [1.165, 1.54) is 20.8 Å². The molecule has 1 nitrogen and oxygen atoms in total. The summed E-state index contributed by atoms with van der Waals surface area (Å²) in [6.07, 6.45) is -13.1. The topological polar surface area (TPSA) is 9.23 Å². The first-order valence-corrected chi connectivity index (χ1v) is 7.75. The summed E-state index contributed by atoms with van der Waals surface area (Å²) in [5.74, 6) is 0.194. The fourth-order valence-corrected chi connectivity index (χ4v) is 4.76. The molecular formula is C10H14F6OS2. The molecule has 1 fully saturated rings. The molecule has 0 aliphatic carbocycles. The lowest BCUT2D eigenvalue weighted by atomic mass is 9.96. The molecule has 0 saturated carbocycles. The highest BCUT2D eigenvalue weighted by Gasteiger charge is 2.76. The highest BCUT2D eigenvalue weighted by atomic mass is 33.1. The molecular weight excluding hydrogens is 314 g/mol. The summed E-state index contributed by atoms with van der Waals surface area (Å²) in [7, 11) is 0.397. The summed E-state index contributed by atoms with van der Waals surface area (Å²) < 4.78 is 79.7. The standard InChI is InChI=1S/C10H14F6OS2/c1-7(2,3)17-6-4-5-18-19-8(6,9(11,12)13)10(14,15)16/h6H,4-5H2,1-3H3. The van der Waals surface area contributed by atoms with E-state index in [2.05, 4.69) is 0 Å². The molecule has 1 atom stereocenters. The van der Waals surface area contributed by atoms with Crippen LogP contribution in [0.1, 0.15) is 27.2 Å². The quantitative estimate of drug-likeness (QED) is 0.504. The number of ether oxygens (including phenoxy) is 1. The molecule has 0 radical (unpaired) electrons. The summed E-state index contributed by atoms with van der Waals surface area (Å²) in [6.45, 7) is 4.32. The minimum Gasteiger partial charge on any atom is -0.370 e. The van der Waals surface area contributed by atoms with Crippen molar-refractivity contribution in [1.29, 1.82) is 0 Å². The van der Waals surface area contributed by atoms with Gasteiger partial charge in [-0.3, -0.25) is 0 Å². The van der Waals surface area contributed by atoms with Gasteiger partial charge in [0.1, 0.15) is 0 Å². The van der Waals surface area contributed by atoms with E-state index in [4.69, 9.17) is 4.74 Å². The van der Waals surface area contributed by atoms with Crippen molar-refractivity contribution in [1.82, 2.24) is 0 Å². The third-order valence-corrected chi connectivity index (χ3v) is 5.60. The third-order valence-electron chi connectivity index (χ3n) is 2.45. The van der Waals surface area contributed by atoms with Gasteiger partial charge < -0.3 is 4.74 Å². The zero-order valence-corrected chi connectivity index (χ0v) is 12.1. The highest BCUT2D eigenvalue weighted by molar-refractivity contribution is 8.77. The lowest BCUT2D eigenvalue weighted by Gasteiger charge is -2.46. The number of alkyl halides is 6. The Balaban J connectivity index is 3.24. The van der Waals surface area contributed by atoms with Crippen molar-refractivity contribution >= 4 is 21.6 Å². The first-order chi connectivity index (χ1) is 8.31. The number of hydrogen-bond donors (Lipinski definition) is 0. The molecule has 1 rings (SSSR count). The molecule has 114 valence electrons. The number of rotatable bonds is 1. The van der Waals surface area contributed by atoms with Crippen LogP contribution in [0.4, 0.5) is 26.3 Å². The van der Waals surface area contributed by atoms with Gasteiger partial charge in [0.2, 0.25) is 4.75 Å². The Morgan fingerprint density at radius 3 is 1.84 bits per heavy atom. The van der Waals surface area contributed by atoms with Crippen LogP contribution in [-0.2, 0) is 4.74 Å². The molecule has 0 amide bonds. The van der Waals surface area contributed by atoms with E-state index < -0.39 is 28.8 Å². The van der Waals surface area contributed by atoms with Crippen LogP contribution in [0.2, 0.25) is 0 Å². The van der Waals surface area contributed by atoms with Gasteiger partial charge in [-0.15, -0.1) is 0 Å². The van der Waals surface area contributed by atoms with Crippen LogP contribution in [-0.4, -0.2) is 34.6 Å². The number of halogens is 6. The molecule has 0 aromatic rings. The third kappa shape index (κ3) is 3.47. The van der Waals surface area contributed by atoms with Crippen LogP contribution < -0.4 is 0 Å². The van der Waals surface area contributed by atoms with Crippen molar-refractivity contribution in [3.05, 3.63) is 0 Å². The van der Waals surface area contributed by atoms with E-state index in [1.54, 1.807) is 0 Å². The fraction of sp³-hybridized carbons (Fsp3) is 1.00. The average molecular weight is 328 g/mol. The van der Waals surface area contributed by atoms with Crippen LogP contribution in [0.25, 0.3) is 0 Å². The van der Waals surface area contributed by atoms with Crippen molar-refractivity contribution in [3.8, 4) is 0 Å². The fourth-order valence-electron chi connectivity index (χ4n) is 1.74. The lowest BCUT2D eigenvalue weighted by molar-refractivity contribution is -0.297. The normalized spacial score (nSPS) is 25.4. The van der Waals surface area contributed by atoms with Gasteiger partial charge in [0.25, 0.3) is 0 Å². The Hall–Kier alpha value is 0.240. The molecule has 19 heavy (non-hydrogen) atoms. The smallest absolute Gasteiger partial charge is 0.370 e. The summed E-state index contributed by atoms with van der Waals surface area (Å²) in [5.41, 5.74) is -1.07. The zero-order valence-electron chi connectivity index (χ0n) is 10.5. The SMILES string of the molecule is CC(C)(C)OC1CCSSC1(C(F)(F)F)C(F)(F)F. The highest BCUT2D eigenvalue weighted by Crippen LogP contribution is 2.61. The minimum atomic E-state index is -5.42. The van der Waals surface area contributed by atoms with Gasteiger partial charge in [0.15, 0.2) is 0 Å². The molecule has 1 saturated heterocycles. The van der Waals surface area contributed by atoms with E-state index in [0.29, 0.717) is 10.8 Å². The van der Waals surface area contributed by atoms with Crippen molar-refractivity contribution in [3.63, 3.8) is 0 Å². The van der Waals surface area contributed by atoms with Crippen molar-refractivity contribution < 1.29 is 31.1 Å². The second-order valence-electron chi connectivity index (χ2n) is 5.14. The van der Waals surface area contributed by atoms with Gasteiger partial charge in [-0.05, 0) is 27.2 Å². The Morgan fingerprint density at radius 1 is 1.00 bits per heavy atom. The van der Waals surface area contributed by atoms with E-state index >= 15 is 0 Å². The largest absolute Gasteiger partial charge is 0.415 e. The molecule has 0 bridgehead atoms. The Labute approximate surface area is 115 Å². The van der Waals surface area contributed by atoms with Gasteiger partial charge >= 0.3 is 12.4 Å². The first kappa shape index (κ1) is 17.3. The van der Waals surface area contributed by atoms with Crippen molar-refractivity contribution in [2.24, 2.45) is 0 Å². The molecule has 0 spiro atoms. The lowest BCUT2D eigenvalue weighted by Crippen LogP contribution is -2.64. The maximum atomic E-state index is 13.1. The van der Waals surface area contributed by atoms with Gasteiger partial charge in [0.05, 0.1) is 11.7 Å². The summed E-state index contributed by atoms with van der Waals surface area (Å²) >= 11 is 0. The first-order valence-electron chi connectivity index (χ1n) is 5.43. The monoisotopic (exact) mass is 328 g/mol. The van der Waals surface area contributed by atoms with Gasteiger partial charge in [-0.25, -0.2) is 0 Å². The maximum absolute atomic E-state index is 13.1. The summed E-state index contributed by atoms with van der Waals surface area (Å²) in [4.78, 5) is 0. The predicted octanol–water partition coefficient (Wildman–Crippen LogP) is 4.82. The molecule has 1 unspecified atom stereocenters. The molecule has 9 heteroatoms. The Bertz CT molecular complexity index is 305. The molecule has 0 N–H and O–H groups in total. The number of hydrogen-bond acceptors (Lipinski definition) is 3. The predicted molar refractivity (Wildman–Crippen MR) is 64.1 cm³/mol. The van der Waals surface area contributed by atoms with E-state index in [1.807, 2.05) is 0 Å². The van der Waals surface area contributed by atoms with Crippen LogP contribution in [0.3, 0.4) is 0 Å². The second-order valence-corrected chi connectivity index (χ2v) is 7.81. The van der Waals surface area contributed by atoms with Crippen molar-refractivity contribution in [2.45, 2.75) is 56.0 Å². The van der Waals surface area contributed by atoms with E-state index in [9.17, 15) is 26.3 Å². The van der Waals surface area contributed by atoms with Crippen LogP contribution in [0.15, 0.2) is 0 Å². The van der Waals surface area contributed by atoms with E-state index in [-0.39, 0.29) is 23.0 Å². The summed E-state index contributed by atoms with van der Waals surface area (Å²) in [6, 6.07) is 0.